The third-order valence-electron chi connectivity index (χ3n) is 5.49. The number of hydrogen-bond acceptors (Lipinski definition) is 5. The van der Waals surface area contributed by atoms with Crippen LogP contribution in [-0.2, 0) is 19.4 Å². The molecule has 1 spiro atoms. The van der Waals surface area contributed by atoms with Crippen molar-refractivity contribution in [3.8, 4) is 0 Å². The van der Waals surface area contributed by atoms with Gasteiger partial charge in [-0.05, 0) is 12.3 Å². The molecule has 3 aliphatic rings. The SMILES string of the molecule is CC(C)CCN1CC2(CCN(C(=O)CC3C=CS(=O)(=O)C3)CC2)OC1=O. The number of allylic oxidation sites excluding steroid dienone is 1. The number of ether oxygens (including phenoxy) is 1. The summed E-state index contributed by atoms with van der Waals surface area (Å²) >= 11 is 0. The topological polar surface area (TPSA) is 84.0 Å². The molecule has 0 N–H and O–H groups in total. The second kappa shape index (κ2) is 7.21. The molecule has 3 rings (SSSR count). The zero-order chi connectivity index (χ0) is 18.9. The van der Waals surface area contributed by atoms with Crippen LogP contribution in [0.1, 0.15) is 39.5 Å². The summed E-state index contributed by atoms with van der Waals surface area (Å²) in [7, 11) is -3.13. The average molecular weight is 384 g/mol. The third-order valence-corrected chi connectivity index (χ3v) is 6.95. The van der Waals surface area contributed by atoms with Crippen molar-refractivity contribution >= 4 is 21.8 Å². The first-order valence-electron chi connectivity index (χ1n) is 9.35. The minimum absolute atomic E-state index is 0.0208. The number of nitrogens with zero attached hydrogens (tertiary/aromatic N) is 2. The van der Waals surface area contributed by atoms with E-state index < -0.39 is 15.4 Å². The molecular formula is C18H28N2O5S. The van der Waals surface area contributed by atoms with Crippen LogP contribution in [0.25, 0.3) is 0 Å². The van der Waals surface area contributed by atoms with E-state index in [1.54, 1.807) is 15.9 Å². The highest BCUT2D eigenvalue weighted by Gasteiger charge is 2.47. The van der Waals surface area contributed by atoms with Crippen LogP contribution in [-0.4, -0.2) is 67.8 Å². The summed E-state index contributed by atoms with van der Waals surface area (Å²) in [5.41, 5.74) is -0.471. The Balaban J connectivity index is 1.49. The number of piperidine rings is 1. The van der Waals surface area contributed by atoms with Crippen molar-refractivity contribution in [2.24, 2.45) is 11.8 Å². The number of sulfone groups is 1. The van der Waals surface area contributed by atoms with Crippen molar-refractivity contribution in [2.75, 3.05) is 31.9 Å². The van der Waals surface area contributed by atoms with Crippen LogP contribution >= 0.6 is 0 Å². The number of likely N-dealkylation sites (tertiary alicyclic amines) is 1. The van der Waals surface area contributed by atoms with Gasteiger partial charge in [-0.3, -0.25) is 4.79 Å². The van der Waals surface area contributed by atoms with Crippen molar-refractivity contribution in [3.63, 3.8) is 0 Å². The van der Waals surface area contributed by atoms with Crippen LogP contribution < -0.4 is 0 Å². The minimum atomic E-state index is -3.13. The van der Waals surface area contributed by atoms with Crippen LogP contribution in [0.2, 0.25) is 0 Å². The van der Waals surface area contributed by atoms with Crippen LogP contribution in [0.3, 0.4) is 0 Å². The monoisotopic (exact) mass is 384 g/mol. The molecule has 0 saturated carbocycles. The zero-order valence-corrected chi connectivity index (χ0v) is 16.3. The molecular weight excluding hydrogens is 356 g/mol. The fourth-order valence-corrected chi connectivity index (χ4v) is 5.22. The molecule has 1 atom stereocenters. The average Bonchev–Trinajstić information content (AvgIpc) is 3.05. The van der Waals surface area contributed by atoms with Crippen LogP contribution in [0, 0.1) is 11.8 Å². The molecule has 0 bridgehead atoms. The van der Waals surface area contributed by atoms with Gasteiger partial charge in [0.05, 0.1) is 12.3 Å². The molecule has 8 heteroatoms. The summed E-state index contributed by atoms with van der Waals surface area (Å²) in [4.78, 5) is 28.1. The Morgan fingerprint density at radius 3 is 2.62 bits per heavy atom. The van der Waals surface area contributed by atoms with Crippen LogP contribution in [0.15, 0.2) is 11.5 Å². The summed E-state index contributed by atoms with van der Waals surface area (Å²) in [5.74, 6) is 0.318. The van der Waals surface area contributed by atoms with Gasteiger partial charge >= 0.3 is 6.09 Å². The molecule has 0 aromatic carbocycles. The highest BCUT2D eigenvalue weighted by Crippen LogP contribution is 2.34. The van der Waals surface area contributed by atoms with E-state index in [0.717, 1.165) is 6.42 Å². The first-order valence-corrected chi connectivity index (χ1v) is 11.1. The lowest BCUT2D eigenvalue weighted by molar-refractivity contribution is -0.135. The largest absolute Gasteiger partial charge is 0.441 e. The highest BCUT2D eigenvalue weighted by molar-refractivity contribution is 7.94. The van der Waals surface area contributed by atoms with Crippen LogP contribution in [0.5, 0.6) is 0 Å². The summed E-state index contributed by atoms with van der Waals surface area (Å²) in [6, 6.07) is 0. The first kappa shape index (κ1) is 19.2. The fraction of sp³-hybridized carbons (Fsp3) is 0.778. The Morgan fingerprint density at radius 2 is 2.04 bits per heavy atom. The molecule has 26 heavy (non-hydrogen) atoms. The van der Waals surface area contributed by atoms with E-state index in [1.807, 2.05) is 0 Å². The van der Waals surface area contributed by atoms with E-state index >= 15 is 0 Å². The lowest BCUT2D eigenvalue weighted by atomic mass is 9.90. The second-order valence-electron chi connectivity index (χ2n) is 8.16. The van der Waals surface area contributed by atoms with Crippen molar-refractivity contribution in [2.45, 2.75) is 45.1 Å². The molecule has 1 unspecified atom stereocenters. The molecule has 0 aromatic heterocycles. The predicted molar refractivity (Wildman–Crippen MR) is 97.1 cm³/mol. The van der Waals surface area contributed by atoms with Gasteiger partial charge in [0.25, 0.3) is 0 Å². The van der Waals surface area contributed by atoms with E-state index in [-0.39, 0.29) is 30.1 Å². The number of amides is 2. The Hall–Kier alpha value is -1.57. The van der Waals surface area contributed by atoms with E-state index in [9.17, 15) is 18.0 Å². The zero-order valence-electron chi connectivity index (χ0n) is 15.5. The number of rotatable bonds is 5. The van der Waals surface area contributed by atoms with E-state index in [2.05, 4.69) is 13.8 Å². The van der Waals surface area contributed by atoms with Crippen LogP contribution in [0.4, 0.5) is 4.79 Å². The Bertz CT molecular complexity index is 692. The summed E-state index contributed by atoms with van der Waals surface area (Å²) < 4.78 is 28.6. The van der Waals surface area contributed by atoms with Gasteiger partial charge in [-0.2, -0.15) is 0 Å². The molecule has 3 aliphatic heterocycles. The standard InChI is InChI=1S/C18H28N2O5S/c1-14(2)3-7-20-13-18(25-17(20)22)5-8-19(9-6-18)16(21)11-15-4-10-26(23,24)12-15/h4,10,14-15H,3,5-9,11-13H2,1-2H3. The number of carbonyl (C=O) groups excluding carboxylic acids is 2. The maximum absolute atomic E-state index is 12.5. The van der Waals surface area contributed by atoms with Gasteiger partial charge in [-0.25, -0.2) is 13.2 Å². The maximum Gasteiger partial charge on any atom is 0.410 e. The van der Waals surface area contributed by atoms with Crippen molar-refractivity contribution < 1.29 is 22.7 Å². The number of carbonyl (C=O) groups is 2. The molecule has 7 nitrogen and oxygen atoms in total. The van der Waals surface area contributed by atoms with Gasteiger partial charge in [0, 0.05) is 50.2 Å². The van der Waals surface area contributed by atoms with Crippen molar-refractivity contribution in [1.29, 1.82) is 0 Å². The predicted octanol–water partition coefficient (Wildman–Crippen LogP) is 1.79. The quantitative estimate of drug-likeness (QED) is 0.722. The number of hydrogen-bond donors (Lipinski definition) is 0. The molecule has 0 aliphatic carbocycles. The Labute approximate surface area is 155 Å². The van der Waals surface area contributed by atoms with Gasteiger partial charge in [0.15, 0.2) is 9.84 Å². The molecule has 2 saturated heterocycles. The van der Waals surface area contributed by atoms with Gasteiger partial charge in [0.2, 0.25) is 5.91 Å². The fourth-order valence-electron chi connectivity index (χ4n) is 3.82. The second-order valence-corrected chi connectivity index (χ2v) is 10.1. The lowest BCUT2D eigenvalue weighted by Gasteiger charge is -2.37. The van der Waals surface area contributed by atoms with E-state index in [0.29, 0.717) is 44.9 Å². The highest BCUT2D eigenvalue weighted by atomic mass is 32.2. The molecule has 0 aromatic rings. The molecule has 3 heterocycles. The third kappa shape index (κ3) is 4.39. The van der Waals surface area contributed by atoms with Crippen molar-refractivity contribution in [1.82, 2.24) is 9.80 Å². The Morgan fingerprint density at radius 1 is 1.35 bits per heavy atom. The van der Waals surface area contributed by atoms with Gasteiger partial charge in [0.1, 0.15) is 5.60 Å². The van der Waals surface area contributed by atoms with E-state index in [1.165, 1.54) is 5.41 Å². The smallest absolute Gasteiger partial charge is 0.410 e. The normalized spacial score (nSPS) is 26.7. The van der Waals surface area contributed by atoms with Gasteiger partial charge in [-0.1, -0.05) is 19.9 Å². The molecule has 0 radical (unpaired) electrons. The molecule has 2 fully saturated rings. The van der Waals surface area contributed by atoms with Crippen molar-refractivity contribution in [3.05, 3.63) is 11.5 Å². The lowest BCUT2D eigenvalue weighted by Crippen LogP contribution is -2.49. The summed E-state index contributed by atoms with van der Waals surface area (Å²) in [6.07, 6.45) is 3.83. The first-order chi connectivity index (χ1) is 12.2. The van der Waals surface area contributed by atoms with Gasteiger partial charge < -0.3 is 14.5 Å². The van der Waals surface area contributed by atoms with Gasteiger partial charge in [-0.15, -0.1) is 0 Å². The summed E-state index contributed by atoms with van der Waals surface area (Å²) in [6.45, 7) is 6.67. The van der Waals surface area contributed by atoms with E-state index in [4.69, 9.17) is 4.74 Å². The molecule has 146 valence electrons. The Kier molecular flexibility index (Phi) is 5.33. The minimum Gasteiger partial charge on any atom is -0.441 e. The summed E-state index contributed by atoms with van der Waals surface area (Å²) in [5, 5.41) is 1.21. The molecule has 2 amide bonds. The maximum atomic E-state index is 12.5.